The van der Waals surface area contributed by atoms with Gasteiger partial charge in [-0.1, -0.05) is 11.9 Å². The predicted octanol–water partition coefficient (Wildman–Crippen LogP) is 1.07. The zero-order valence-electron chi connectivity index (χ0n) is 11.5. The second-order valence-electron chi connectivity index (χ2n) is 4.71. The van der Waals surface area contributed by atoms with Crippen LogP contribution < -0.4 is 4.90 Å². The number of hydrogen-bond donors (Lipinski definition) is 0. The number of aryl methyl sites for hydroxylation is 2. The van der Waals surface area contributed by atoms with Gasteiger partial charge in [-0.3, -0.25) is 0 Å². The number of aromatic nitrogens is 4. The van der Waals surface area contributed by atoms with Gasteiger partial charge in [0.15, 0.2) is 5.65 Å². The Hall–Kier alpha value is -1.34. The Morgan fingerprint density at radius 2 is 1.95 bits per heavy atom. The molecule has 0 unspecified atom stereocenters. The molecule has 2 aromatic rings. The highest BCUT2D eigenvalue weighted by Gasteiger charge is 2.19. The molecule has 3 heterocycles. The highest BCUT2D eigenvalue weighted by Crippen LogP contribution is 2.19. The van der Waals surface area contributed by atoms with E-state index in [0.717, 1.165) is 48.9 Å². The van der Waals surface area contributed by atoms with Crippen molar-refractivity contribution in [1.29, 1.82) is 0 Å². The van der Waals surface area contributed by atoms with Crippen LogP contribution in [0.4, 0.5) is 5.82 Å². The molecule has 0 amide bonds. The fourth-order valence-corrected chi connectivity index (χ4v) is 2.95. The maximum atomic E-state index is 4.71. The van der Waals surface area contributed by atoms with Crippen molar-refractivity contribution < 1.29 is 0 Å². The lowest BCUT2D eigenvalue weighted by molar-refractivity contribution is 0.429. The van der Waals surface area contributed by atoms with Gasteiger partial charge < -0.3 is 4.90 Å². The van der Waals surface area contributed by atoms with Crippen LogP contribution in [-0.4, -0.2) is 56.5 Å². The topological polar surface area (TPSA) is 50.1 Å². The van der Waals surface area contributed by atoms with Gasteiger partial charge in [-0.05, 0) is 13.2 Å². The van der Waals surface area contributed by atoms with Crippen molar-refractivity contribution in [3.8, 4) is 0 Å². The number of hydrogen-bond acceptors (Lipinski definition) is 6. The molecule has 1 saturated heterocycles. The third kappa shape index (κ3) is 2.28. The van der Waals surface area contributed by atoms with E-state index in [9.17, 15) is 0 Å². The van der Waals surface area contributed by atoms with E-state index in [0.29, 0.717) is 0 Å². The van der Waals surface area contributed by atoms with E-state index in [-0.39, 0.29) is 0 Å². The molecular formula is C12H18N6S. The van der Waals surface area contributed by atoms with E-state index in [1.165, 1.54) is 0 Å². The second kappa shape index (κ2) is 4.97. The highest BCUT2D eigenvalue weighted by atomic mass is 32.2. The van der Waals surface area contributed by atoms with Crippen LogP contribution in [0.15, 0.2) is 6.20 Å². The van der Waals surface area contributed by atoms with E-state index in [1.54, 1.807) is 4.68 Å². The van der Waals surface area contributed by atoms with Gasteiger partial charge in [0.25, 0.3) is 0 Å². The Balaban J connectivity index is 1.87. The Morgan fingerprint density at radius 3 is 2.63 bits per heavy atom. The predicted molar refractivity (Wildman–Crippen MR) is 78.3 cm³/mol. The zero-order valence-corrected chi connectivity index (χ0v) is 12.3. The standard InChI is InChI=1S/C12H18N6S/c1-9-11-12(16(2)15-9)14-10(8-13-11)17-4-6-18(19-3)7-5-17/h8H,4-7H2,1-3H3. The van der Waals surface area contributed by atoms with Crippen molar-refractivity contribution in [1.82, 2.24) is 24.1 Å². The Kier molecular flexibility index (Phi) is 3.32. The molecule has 0 saturated carbocycles. The molecule has 1 aliphatic rings. The lowest BCUT2D eigenvalue weighted by atomic mass is 10.3. The highest BCUT2D eigenvalue weighted by molar-refractivity contribution is 7.96. The van der Waals surface area contributed by atoms with Crippen LogP contribution in [0.2, 0.25) is 0 Å². The summed E-state index contributed by atoms with van der Waals surface area (Å²) in [6.07, 6.45) is 3.99. The van der Waals surface area contributed by atoms with Gasteiger partial charge in [-0.15, -0.1) is 0 Å². The summed E-state index contributed by atoms with van der Waals surface area (Å²) >= 11 is 1.81. The largest absolute Gasteiger partial charge is 0.353 e. The minimum absolute atomic E-state index is 0.863. The average molecular weight is 278 g/mol. The van der Waals surface area contributed by atoms with Crippen LogP contribution >= 0.6 is 11.9 Å². The van der Waals surface area contributed by atoms with Gasteiger partial charge >= 0.3 is 0 Å². The quantitative estimate of drug-likeness (QED) is 0.766. The molecule has 1 fully saturated rings. The van der Waals surface area contributed by atoms with Gasteiger partial charge in [0.2, 0.25) is 0 Å². The van der Waals surface area contributed by atoms with E-state index in [4.69, 9.17) is 4.98 Å². The van der Waals surface area contributed by atoms with Gasteiger partial charge in [0, 0.05) is 33.2 Å². The number of nitrogens with zero attached hydrogens (tertiary/aromatic N) is 6. The lowest BCUT2D eigenvalue weighted by Gasteiger charge is -2.33. The summed E-state index contributed by atoms with van der Waals surface area (Å²) in [7, 11) is 1.92. The summed E-state index contributed by atoms with van der Waals surface area (Å²) in [5, 5.41) is 4.36. The molecule has 0 atom stereocenters. The molecule has 2 aromatic heterocycles. The maximum Gasteiger partial charge on any atom is 0.178 e. The fourth-order valence-electron chi connectivity index (χ4n) is 2.42. The van der Waals surface area contributed by atoms with Gasteiger partial charge in [-0.2, -0.15) is 5.10 Å². The normalized spacial score (nSPS) is 17.3. The lowest BCUT2D eigenvalue weighted by Crippen LogP contribution is -2.43. The van der Waals surface area contributed by atoms with Crippen LogP contribution in [0.5, 0.6) is 0 Å². The molecule has 19 heavy (non-hydrogen) atoms. The minimum Gasteiger partial charge on any atom is -0.353 e. The first kappa shape index (κ1) is 12.7. The van der Waals surface area contributed by atoms with E-state index >= 15 is 0 Å². The number of anilines is 1. The molecule has 0 bridgehead atoms. The summed E-state index contributed by atoms with van der Waals surface area (Å²) < 4.78 is 4.18. The first-order chi connectivity index (χ1) is 9.19. The van der Waals surface area contributed by atoms with E-state index < -0.39 is 0 Å². The summed E-state index contributed by atoms with van der Waals surface area (Å²) in [6.45, 7) is 6.08. The summed E-state index contributed by atoms with van der Waals surface area (Å²) in [5.74, 6) is 0.955. The van der Waals surface area contributed by atoms with Gasteiger partial charge in [-0.25, -0.2) is 19.0 Å². The van der Waals surface area contributed by atoms with Crippen molar-refractivity contribution >= 4 is 28.9 Å². The first-order valence-electron chi connectivity index (χ1n) is 6.39. The maximum absolute atomic E-state index is 4.71. The number of fused-ring (bicyclic) bond motifs is 1. The SMILES string of the molecule is CSN1CCN(c2cnc3c(C)nn(C)c3n2)CC1. The van der Waals surface area contributed by atoms with Crippen molar-refractivity contribution in [3.63, 3.8) is 0 Å². The van der Waals surface area contributed by atoms with Gasteiger partial charge in [0.05, 0.1) is 11.9 Å². The van der Waals surface area contributed by atoms with E-state index in [1.807, 2.05) is 32.1 Å². The fraction of sp³-hybridized carbons (Fsp3) is 0.583. The van der Waals surface area contributed by atoms with Crippen molar-refractivity contribution in [2.45, 2.75) is 6.92 Å². The molecule has 0 N–H and O–H groups in total. The van der Waals surface area contributed by atoms with Crippen LogP contribution in [0.3, 0.4) is 0 Å². The summed E-state index contributed by atoms with van der Waals surface area (Å²) in [4.78, 5) is 11.5. The van der Waals surface area contributed by atoms with Gasteiger partial charge in [0.1, 0.15) is 11.3 Å². The monoisotopic (exact) mass is 278 g/mol. The summed E-state index contributed by atoms with van der Waals surface area (Å²) in [6, 6.07) is 0. The average Bonchev–Trinajstić information content (AvgIpc) is 2.74. The zero-order chi connectivity index (χ0) is 13.4. The Morgan fingerprint density at radius 1 is 1.21 bits per heavy atom. The number of rotatable bonds is 2. The van der Waals surface area contributed by atoms with E-state index in [2.05, 4.69) is 25.5 Å². The molecule has 6 nitrogen and oxygen atoms in total. The third-order valence-corrected chi connectivity index (χ3v) is 4.39. The summed E-state index contributed by atoms with van der Waals surface area (Å²) in [5.41, 5.74) is 2.69. The second-order valence-corrected chi connectivity index (χ2v) is 5.59. The third-order valence-electron chi connectivity index (χ3n) is 3.51. The first-order valence-corrected chi connectivity index (χ1v) is 7.57. The van der Waals surface area contributed by atoms with Crippen molar-refractivity contribution in [2.24, 2.45) is 7.05 Å². The Labute approximate surface area is 116 Å². The van der Waals surface area contributed by atoms with Crippen molar-refractivity contribution in [2.75, 3.05) is 37.3 Å². The smallest absolute Gasteiger partial charge is 0.178 e. The molecule has 0 radical (unpaired) electrons. The molecule has 0 aliphatic carbocycles. The molecule has 102 valence electrons. The molecule has 3 rings (SSSR count). The minimum atomic E-state index is 0.863. The number of piperazine rings is 1. The van der Waals surface area contributed by atoms with Crippen LogP contribution in [-0.2, 0) is 7.05 Å². The van der Waals surface area contributed by atoms with Crippen molar-refractivity contribution in [3.05, 3.63) is 11.9 Å². The molecule has 7 heteroatoms. The molecule has 1 aliphatic heterocycles. The molecular weight excluding hydrogens is 260 g/mol. The van der Waals surface area contributed by atoms with Crippen LogP contribution in [0, 0.1) is 6.92 Å². The van der Waals surface area contributed by atoms with Crippen LogP contribution in [0.1, 0.15) is 5.69 Å². The Bertz CT molecular complexity index is 587. The molecule has 0 aromatic carbocycles. The van der Waals surface area contributed by atoms with Crippen LogP contribution in [0.25, 0.3) is 11.2 Å². The molecule has 0 spiro atoms.